The molecule has 0 aliphatic heterocycles. The van der Waals surface area contributed by atoms with Crippen LogP contribution in [0.3, 0.4) is 0 Å². The van der Waals surface area contributed by atoms with Crippen LogP contribution in [0.25, 0.3) is 0 Å². The Morgan fingerprint density at radius 2 is 1.66 bits per heavy atom. The molecule has 10 atom stereocenters. The minimum Gasteiger partial charge on any atom is -0.469 e. The van der Waals surface area contributed by atoms with E-state index in [1.54, 1.807) is 19.5 Å². The Bertz CT molecular complexity index is 1220. The fourth-order valence-corrected chi connectivity index (χ4v) is 12.4. The van der Waals surface area contributed by atoms with Crippen molar-refractivity contribution in [1.82, 2.24) is 9.55 Å². The zero-order valence-corrected chi connectivity index (χ0v) is 26.5. The number of nitrogens with zero attached hydrogens (tertiary/aromatic N) is 2. The van der Waals surface area contributed by atoms with E-state index < -0.39 is 0 Å². The summed E-state index contributed by atoms with van der Waals surface area (Å²) in [5.74, 6) is 2.41. The number of fused-ring (bicyclic) bond motifs is 7. The Morgan fingerprint density at radius 3 is 2.32 bits per heavy atom. The third kappa shape index (κ3) is 3.76. The van der Waals surface area contributed by atoms with Crippen molar-refractivity contribution in [2.75, 3.05) is 7.11 Å². The first-order valence-electron chi connectivity index (χ1n) is 16.2. The lowest BCUT2D eigenvalue weighted by Gasteiger charge is -2.72. The Balaban J connectivity index is 1.31. The number of aromatic nitrogens is 2. The first-order chi connectivity index (χ1) is 19.3. The van der Waals surface area contributed by atoms with Crippen molar-refractivity contribution in [3.05, 3.63) is 30.9 Å². The number of methoxy groups -OCH3 is 1. The van der Waals surface area contributed by atoms with Gasteiger partial charge in [-0.25, -0.2) is 14.3 Å². The SMILES string of the molecule is C=C(C)[C@@H]1CC[C@]2(C(=O)OC)CC[C@]3(C)C(CCC4[C@@]5(C)CC[C@H](OC(=O)n6ccnc6)C(C)(C)C5CC[C@]43C)C12. The zero-order valence-electron chi connectivity index (χ0n) is 26.5. The molecule has 41 heavy (non-hydrogen) atoms. The van der Waals surface area contributed by atoms with Gasteiger partial charge in [0.1, 0.15) is 12.4 Å². The second-order valence-electron chi connectivity index (χ2n) is 16.0. The maximum Gasteiger partial charge on any atom is 0.419 e. The van der Waals surface area contributed by atoms with Crippen molar-refractivity contribution in [3.8, 4) is 0 Å². The molecule has 4 unspecified atom stereocenters. The quantitative estimate of drug-likeness (QED) is 0.274. The summed E-state index contributed by atoms with van der Waals surface area (Å²) in [6.45, 7) is 19.1. The summed E-state index contributed by atoms with van der Waals surface area (Å²) in [5, 5.41) is 0. The molecule has 6 heteroatoms. The minimum atomic E-state index is -0.341. The molecule has 6 rings (SSSR count). The number of hydrogen-bond acceptors (Lipinski definition) is 5. The Hall–Kier alpha value is -2.11. The van der Waals surface area contributed by atoms with Crippen LogP contribution in [-0.2, 0) is 14.3 Å². The number of carbonyl (C=O) groups excluding carboxylic acids is 2. The number of imidazole rings is 1. The van der Waals surface area contributed by atoms with Gasteiger partial charge in [-0.2, -0.15) is 0 Å². The van der Waals surface area contributed by atoms with E-state index in [-0.39, 0.29) is 45.2 Å². The molecule has 5 fully saturated rings. The number of carbonyl (C=O) groups is 2. The zero-order chi connectivity index (χ0) is 29.6. The van der Waals surface area contributed by atoms with E-state index in [0.29, 0.717) is 29.6 Å². The van der Waals surface area contributed by atoms with E-state index in [1.807, 2.05) is 0 Å². The molecule has 5 aliphatic carbocycles. The topological polar surface area (TPSA) is 70.4 Å². The second kappa shape index (κ2) is 9.44. The molecule has 5 aliphatic rings. The fourth-order valence-electron chi connectivity index (χ4n) is 12.4. The lowest BCUT2D eigenvalue weighted by molar-refractivity contribution is -0.248. The highest BCUT2D eigenvalue weighted by Crippen LogP contribution is 2.77. The van der Waals surface area contributed by atoms with Gasteiger partial charge < -0.3 is 9.47 Å². The van der Waals surface area contributed by atoms with Gasteiger partial charge >= 0.3 is 12.1 Å². The predicted molar refractivity (Wildman–Crippen MR) is 159 cm³/mol. The maximum atomic E-state index is 13.5. The number of hydrogen-bond donors (Lipinski definition) is 0. The van der Waals surface area contributed by atoms with Crippen LogP contribution in [0.4, 0.5) is 4.79 Å². The average molecular weight is 565 g/mol. The van der Waals surface area contributed by atoms with Crippen molar-refractivity contribution in [2.45, 2.75) is 112 Å². The van der Waals surface area contributed by atoms with E-state index in [4.69, 9.17) is 9.47 Å². The average Bonchev–Trinajstić information content (AvgIpc) is 3.59. The van der Waals surface area contributed by atoms with Crippen molar-refractivity contribution in [3.63, 3.8) is 0 Å². The molecule has 0 bridgehead atoms. The molecule has 0 saturated heterocycles. The van der Waals surface area contributed by atoms with E-state index in [9.17, 15) is 9.59 Å². The van der Waals surface area contributed by atoms with E-state index >= 15 is 0 Å². The number of allylic oxidation sites excluding steroid dienone is 1. The molecule has 0 radical (unpaired) electrons. The maximum absolute atomic E-state index is 13.5. The highest BCUT2D eigenvalue weighted by Gasteiger charge is 2.72. The molecule has 1 aromatic heterocycles. The molecule has 1 aromatic rings. The second-order valence-corrected chi connectivity index (χ2v) is 16.0. The molecule has 6 nitrogen and oxygen atoms in total. The normalized spacial score (nSPS) is 46.3. The van der Waals surface area contributed by atoms with Gasteiger partial charge in [0.2, 0.25) is 0 Å². The third-order valence-electron chi connectivity index (χ3n) is 14.6. The van der Waals surface area contributed by atoms with Crippen LogP contribution in [0.5, 0.6) is 0 Å². The van der Waals surface area contributed by atoms with E-state index in [2.05, 4.69) is 53.1 Å². The molecular formula is C35H52N2O4. The Morgan fingerprint density at radius 1 is 0.902 bits per heavy atom. The monoisotopic (exact) mass is 564 g/mol. The van der Waals surface area contributed by atoms with Crippen LogP contribution in [0.2, 0.25) is 0 Å². The third-order valence-corrected chi connectivity index (χ3v) is 14.6. The molecular weight excluding hydrogens is 512 g/mol. The summed E-state index contributed by atoms with van der Waals surface area (Å²) < 4.78 is 13.1. The van der Waals surface area contributed by atoms with E-state index in [0.717, 1.165) is 44.9 Å². The van der Waals surface area contributed by atoms with Crippen LogP contribution >= 0.6 is 0 Å². The minimum absolute atomic E-state index is 0.0292. The van der Waals surface area contributed by atoms with Crippen LogP contribution in [0.15, 0.2) is 30.9 Å². The lowest BCUT2D eigenvalue weighted by atomic mass is 9.32. The molecule has 0 N–H and O–H groups in total. The first kappa shape index (κ1) is 29.0. The van der Waals surface area contributed by atoms with Crippen molar-refractivity contribution in [2.24, 2.45) is 56.7 Å². The van der Waals surface area contributed by atoms with Crippen molar-refractivity contribution in [1.29, 1.82) is 0 Å². The van der Waals surface area contributed by atoms with Crippen LogP contribution < -0.4 is 0 Å². The molecule has 0 amide bonds. The van der Waals surface area contributed by atoms with Crippen molar-refractivity contribution < 1.29 is 19.1 Å². The van der Waals surface area contributed by atoms with Crippen LogP contribution in [0, 0.1) is 56.7 Å². The summed E-state index contributed by atoms with van der Waals surface area (Å²) in [7, 11) is 1.58. The molecule has 5 saturated carbocycles. The van der Waals surface area contributed by atoms with Gasteiger partial charge in [0.05, 0.1) is 12.5 Å². The standard InChI is InChI=1S/C35H52N2O4/c1-22(2)23-11-16-35(29(38)40-8)18-17-33(6)24(28(23)35)9-10-26-32(5)14-13-27(41-30(39)37-20-19-36-21-37)31(3,4)25(32)12-15-34(26,33)7/h19-21,23-28H,1,9-18H2,2-8H3/t23-,24?,25?,26?,27-,28?,32-,33+,34+,35-/m0/s1. The summed E-state index contributed by atoms with van der Waals surface area (Å²) >= 11 is 0. The Kier molecular flexibility index (Phi) is 6.68. The van der Waals surface area contributed by atoms with Crippen LogP contribution in [0.1, 0.15) is 106 Å². The Labute approximate surface area is 247 Å². The summed E-state index contributed by atoms with van der Waals surface area (Å²) in [5.41, 5.74) is 1.39. The molecule has 0 aromatic carbocycles. The predicted octanol–water partition coefficient (Wildman–Crippen LogP) is 8.07. The van der Waals surface area contributed by atoms with Crippen molar-refractivity contribution >= 4 is 12.1 Å². The van der Waals surface area contributed by atoms with Gasteiger partial charge in [-0.05, 0) is 117 Å². The lowest BCUT2D eigenvalue weighted by Crippen LogP contribution is -2.67. The summed E-state index contributed by atoms with van der Waals surface area (Å²) in [6.07, 6.45) is 15.2. The van der Waals surface area contributed by atoms with Gasteiger partial charge in [0.15, 0.2) is 0 Å². The van der Waals surface area contributed by atoms with Gasteiger partial charge in [0.25, 0.3) is 0 Å². The number of esters is 1. The van der Waals surface area contributed by atoms with Gasteiger partial charge in [-0.3, -0.25) is 4.79 Å². The highest BCUT2D eigenvalue weighted by atomic mass is 16.6. The molecule has 226 valence electrons. The smallest absolute Gasteiger partial charge is 0.419 e. The summed E-state index contributed by atoms with van der Waals surface area (Å²) in [4.78, 5) is 30.4. The highest BCUT2D eigenvalue weighted by molar-refractivity contribution is 5.78. The largest absolute Gasteiger partial charge is 0.469 e. The van der Waals surface area contributed by atoms with E-state index in [1.165, 1.54) is 35.7 Å². The molecule has 0 spiro atoms. The van der Waals surface area contributed by atoms with Gasteiger partial charge in [-0.15, -0.1) is 0 Å². The van der Waals surface area contributed by atoms with Crippen LogP contribution in [-0.4, -0.2) is 34.8 Å². The molecule has 1 heterocycles. The van der Waals surface area contributed by atoms with Gasteiger partial charge in [0, 0.05) is 17.8 Å². The number of rotatable bonds is 3. The number of ether oxygens (including phenoxy) is 2. The first-order valence-corrected chi connectivity index (χ1v) is 16.2. The fraction of sp³-hybridized carbons (Fsp3) is 0.800. The summed E-state index contributed by atoms with van der Waals surface area (Å²) in [6, 6.07) is 0. The van der Waals surface area contributed by atoms with Gasteiger partial charge in [-0.1, -0.05) is 46.8 Å².